The first kappa shape index (κ1) is 22.0. The van der Waals surface area contributed by atoms with Crippen LogP contribution >= 0.6 is 0 Å². The van der Waals surface area contributed by atoms with E-state index in [1.807, 2.05) is 4.90 Å². The number of urea groups is 1. The van der Waals surface area contributed by atoms with E-state index in [-0.39, 0.29) is 0 Å². The maximum absolute atomic E-state index is 13.1. The van der Waals surface area contributed by atoms with Crippen LogP contribution in [0.5, 0.6) is 0 Å². The van der Waals surface area contributed by atoms with E-state index >= 15 is 0 Å². The number of nitrogens with zero attached hydrogens (tertiary/aromatic N) is 2. The average Bonchev–Trinajstić information content (AvgIpc) is 2.73. The van der Waals surface area contributed by atoms with Crippen LogP contribution in [-0.4, -0.2) is 43.5 Å². The standard InChI is InChI=1S/C21H31N5O4/c1-2-3-4-5-6-7-10-21(18(27)23-20(29)24-19(21)28)17-15-22-11-14-26(17)16-8-12-25(30)13-9-16/h8-9,12-13,17,22H,2-7,10-11,14-15H2,1H3,(H2,23,24,27,28,29). The summed E-state index contributed by atoms with van der Waals surface area (Å²) in [5, 5.41) is 19.4. The van der Waals surface area contributed by atoms with Gasteiger partial charge >= 0.3 is 6.03 Å². The first-order chi connectivity index (χ1) is 14.5. The fourth-order valence-corrected chi connectivity index (χ4v) is 4.49. The maximum atomic E-state index is 13.1. The molecule has 0 aromatic carbocycles. The van der Waals surface area contributed by atoms with Crippen LogP contribution in [0.25, 0.3) is 0 Å². The van der Waals surface area contributed by atoms with Crippen molar-refractivity contribution in [3.05, 3.63) is 29.7 Å². The van der Waals surface area contributed by atoms with Gasteiger partial charge in [-0.25, -0.2) is 4.79 Å². The van der Waals surface area contributed by atoms with Gasteiger partial charge in [0.2, 0.25) is 11.8 Å². The Hall–Kier alpha value is -2.68. The molecule has 0 bridgehead atoms. The number of aromatic nitrogens is 1. The van der Waals surface area contributed by atoms with E-state index in [4.69, 9.17) is 0 Å². The first-order valence-electron chi connectivity index (χ1n) is 10.8. The van der Waals surface area contributed by atoms with Crippen LogP contribution in [0.3, 0.4) is 0 Å². The third kappa shape index (κ3) is 4.56. The molecule has 0 spiro atoms. The number of hydrogen-bond donors (Lipinski definition) is 3. The van der Waals surface area contributed by atoms with Crippen molar-refractivity contribution in [3.8, 4) is 0 Å². The van der Waals surface area contributed by atoms with Crippen molar-refractivity contribution in [2.45, 2.75) is 57.9 Å². The molecule has 0 radical (unpaired) electrons. The molecule has 1 aromatic heterocycles. The highest BCUT2D eigenvalue weighted by molar-refractivity contribution is 6.20. The van der Waals surface area contributed by atoms with Gasteiger partial charge in [0.1, 0.15) is 5.41 Å². The highest BCUT2D eigenvalue weighted by Gasteiger charge is 2.57. The van der Waals surface area contributed by atoms with Gasteiger partial charge in [-0.2, -0.15) is 4.73 Å². The number of barbiturate groups is 1. The molecule has 9 heteroatoms. The second-order valence-corrected chi connectivity index (χ2v) is 8.06. The Labute approximate surface area is 176 Å². The number of piperazine rings is 1. The third-order valence-corrected chi connectivity index (χ3v) is 6.12. The summed E-state index contributed by atoms with van der Waals surface area (Å²) in [5.74, 6) is -1.09. The van der Waals surface area contributed by atoms with E-state index in [9.17, 15) is 19.6 Å². The second-order valence-electron chi connectivity index (χ2n) is 8.06. The lowest BCUT2D eigenvalue weighted by Gasteiger charge is -2.48. The molecule has 3 rings (SSSR count). The van der Waals surface area contributed by atoms with E-state index in [1.54, 1.807) is 12.1 Å². The van der Waals surface area contributed by atoms with E-state index in [0.29, 0.717) is 30.8 Å². The number of nitrogens with one attached hydrogen (secondary N) is 3. The normalized spacial score (nSPS) is 21.3. The third-order valence-electron chi connectivity index (χ3n) is 6.12. The molecule has 0 aliphatic carbocycles. The zero-order valence-corrected chi connectivity index (χ0v) is 17.5. The number of rotatable bonds is 9. The SMILES string of the molecule is CCCCCCCCC1(C2CNCCN2c2cc[n+]([O-])cc2)C(=O)NC(=O)NC1=O. The quantitative estimate of drug-likeness (QED) is 0.241. The van der Waals surface area contributed by atoms with Crippen LogP contribution in [0.15, 0.2) is 24.5 Å². The van der Waals surface area contributed by atoms with E-state index in [0.717, 1.165) is 37.8 Å². The summed E-state index contributed by atoms with van der Waals surface area (Å²) in [4.78, 5) is 40.0. The average molecular weight is 418 g/mol. The number of carbonyl (C=O) groups excluding carboxylic acids is 3. The summed E-state index contributed by atoms with van der Waals surface area (Å²) < 4.78 is 0.700. The first-order valence-corrected chi connectivity index (χ1v) is 10.8. The zero-order valence-electron chi connectivity index (χ0n) is 17.5. The summed E-state index contributed by atoms with van der Waals surface area (Å²) >= 11 is 0. The molecular weight excluding hydrogens is 386 g/mol. The topological polar surface area (TPSA) is 117 Å². The lowest BCUT2D eigenvalue weighted by molar-refractivity contribution is -0.605. The summed E-state index contributed by atoms with van der Waals surface area (Å²) in [7, 11) is 0. The smallest absolute Gasteiger partial charge is 0.328 e. The van der Waals surface area contributed by atoms with Gasteiger partial charge in [0, 0.05) is 37.5 Å². The zero-order chi connectivity index (χ0) is 21.6. The number of anilines is 1. The minimum absolute atomic E-state index is 0.362. The summed E-state index contributed by atoms with van der Waals surface area (Å²) in [5.41, 5.74) is -0.608. The molecule has 4 amide bonds. The van der Waals surface area contributed by atoms with Crippen molar-refractivity contribution < 1.29 is 19.1 Å². The summed E-state index contributed by atoms with van der Waals surface area (Å²) in [6.07, 6.45) is 9.34. The van der Waals surface area contributed by atoms with Crippen molar-refractivity contribution in [1.29, 1.82) is 0 Å². The molecule has 2 saturated heterocycles. The molecule has 1 unspecified atom stereocenters. The highest BCUT2D eigenvalue weighted by Crippen LogP contribution is 2.37. The van der Waals surface area contributed by atoms with Crippen molar-refractivity contribution in [2.75, 3.05) is 24.5 Å². The molecule has 1 atom stereocenters. The molecule has 3 N–H and O–H groups in total. The van der Waals surface area contributed by atoms with Gasteiger partial charge in [0.05, 0.1) is 6.04 Å². The minimum Gasteiger partial charge on any atom is -0.619 e. The number of carbonyl (C=O) groups is 3. The second kappa shape index (κ2) is 9.88. The van der Waals surface area contributed by atoms with Gasteiger partial charge in [-0.3, -0.25) is 20.2 Å². The van der Waals surface area contributed by atoms with Gasteiger partial charge in [-0.1, -0.05) is 45.4 Å². The minimum atomic E-state index is -1.38. The van der Waals surface area contributed by atoms with Crippen LogP contribution in [0.1, 0.15) is 51.9 Å². The molecule has 9 nitrogen and oxygen atoms in total. The molecule has 2 aliphatic rings. The number of unbranched alkanes of at least 4 members (excludes halogenated alkanes) is 5. The number of hydrogen-bond acceptors (Lipinski definition) is 6. The number of pyridine rings is 1. The number of imide groups is 2. The van der Waals surface area contributed by atoms with Gasteiger partial charge < -0.3 is 15.4 Å². The van der Waals surface area contributed by atoms with Crippen molar-refractivity contribution in [1.82, 2.24) is 16.0 Å². The lowest BCUT2D eigenvalue weighted by atomic mass is 9.71. The number of amides is 4. The monoisotopic (exact) mass is 417 g/mol. The lowest BCUT2D eigenvalue weighted by Crippen LogP contribution is -2.72. The Morgan fingerprint density at radius 3 is 2.37 bits per heavy atom. The predicted molar refractivity (Wildman–Crippen MR) is 112 cm³/mol. The largest absolute Gasteiger partial charge is 0.619 e. The van der Waals surface area contributed by atoms with Crippen LogP contribution in [0, 0.1) is 10.6 Å². The van der Waals surface area contributed by atoms with E-state index < -0.39 is 29.3 Å². The van der Waals surface area contributed by atoms with Crippen LogP contribution < -0.4 is 25.6 Å². The Balaban J connectivity index is 1.87. The van der Waals surface area contributed by atoms with Gasteiger partial charge in [0.15, 0.2) is 12.4 Å². The van der Waals surface area contributed by atoms with Gasteiger partial charge in [-0.05, 0) is 6.42 Å². The molecule has 3 heterocycles. The fourth-order valence-electron chi connectivity index (χ4n) is 4.49. The van der Waals surface area contributed by atoms with Gasteiger partial charge in [-0.15, -0.1) is 0 Å². The summed E-state index contributed by atoms with van der Waals surface area (Å²) in [6, 6.07) is 2.13. The fraction of sp³-hybridized carbons (Fsp3) is 0.619. The molecule has 164 valence electrons. The maximum Gasteiger partial charge on any atom is 0.328 e. The Morgan fingerprint density at radius 1 is 1.07 bits per heavy atom. The molecule has 2 aliphatic heterocycles. The molecule has 2 fully saturated rings. The van der Waals surface area contributed by atoms with Gasteiger partial charge in [0.25, 0.3) is 0 Å². The van der Waals surface area contributed by atoms with Crippen LogP contribution in [-0.2, 0) is 9.59 Å². The molecule has 0 saturated carbocycles. The molecule has 1 aromatic rings. The van der Waals surface area contributed by atoms with E-state index in [2.05, 4.69) is 22.9 Å². The Bertz CT molecular complexity index is 747. The van der Waals surface area contributed by atoms with Crippen molar-refractivity contribution in [3.63, 3.8) is 0 Å². The van der Waals surface area contributed by atoms with Crippen molar-refractivity contribution >= 4 is 23.5 Å². The van der Waals surface area contributed by atoms with Crippen molar-refractivity contribution in [2.24, 2.45) is 5.41 Å². The summed E-state index contributed by atoms with van der Waals surface area (Å²) in [6.45, 7) is 3.86. The predicted octanol–water partition coefficient (Wildman–Crippen LogP) is 1.20. The molecule has 30 heavy (non-hydrogen) atoms. The van der Waals surface area contributed by atoms with Crippen LogP contribution in [0.2, 0.25) is 0 Å². The van der Waals surface area contributed by atoms with E-state index in [1.165, 1.54) is 18.8 Å². The highest BCUT2D eigenvalue weighted by atomic mass is 16.5. The Kier molecular flexibility index (Phi) is 7.25. The molecular formula is C21H31N5O4. The van der Waals surface area contributed by atoms with Crippen LogP contribution in [0.4, 0.5) is 10.5 Å². The Morgan fingerprint density at radius 2 is 1.70 bits per heavy atom.